The van der Waals surface area contributed by atoms with Crippen LogP contribution in [0.3, 0.4) is 0 Å². The SMILES string of the molecule is COc1cc(-c2c(C)cc(NC3(C(=O)O)CCOCC3)cc2COC2CCCC2)c(C)c(OC)c1C. The van der Waals surface area contributed by atoms with Gasteiger partial charge in [-0.15, -0.1) is 0 Å². The van der Waals surface area contributed by atoms with Crippen molar-refractivity contribution in [2.45, 2.75) is 77.5 Å². The number of aryl methyl sites for hydroxylation is 1. The van der Waals surface area contributed by atoms with Crippen LogP contribution in [0.25, 0.3) is 11.1 Å². The molecule has 1 saturated carbocycles. The fourth-order valence-corrected chi connectivity index (χ4v) is 5.72. The van der Waals surface area contributed by atoms with Crippen molar-refractivity contribution in [2.75, 3.05) is 32.8 Å². The molecule has 1 aliphatic carbocycles. The van der Waals surface area contributed by atoms with Gasteiger partial charge in [-0.2, -0.15) is 0 Å². The molecule has 1 heterocycles. The highest BCUT2D eigenvalue weighted by atomic mass is 16.5. The van der Waals surface area contributed by atoms with E-state index in [1.54, 1.807) is 14.2 Å². The smallest absolute Gasteiger partial charge is 0.329 e. The average Bonchev–Trinajstić information content (AvgIpc) is 3.38. The number of hydrogen-bond acceptors (Lipinski definition) is 6. The molecule has 196 valence electrons. The number of anilines is 1. The van der Waals surface area contributed by atoms with Crippen molar-refractivity contribution in [3.63, 3.8) is 0 Å². The van der Waals surface area contributed by atoms with Crippen LogP contribution in [-0.4, -0.2) is 50.2 Å². The molecule has 2 N–H and O–H groups in total. The summed E-state index contributed by atoms with van der Waals surface area (Å²) in [4.78, 5) is 12.3. The molecule has 2 aromatic carbocycles. The molecule has 0 amide bonds. The van der Waals surface area contributed by atoms with Crippen LogP contribution in [0.5, 0.6) is 11.5 Å². The van der Waals surface area contributed by atoms with Gasteiger partial charge >= 0.3 is 5.97 Å². The summed E-state index contributed by atoms with van der Waals surface area (Å²) in [5, 5.41) is 13.4. The highest BCUT2D eigenvalue weighted by Crippen LogP contribution is 2.42. The third-order valence-corrected chi connectivity index (χ3v) is 7.76. The van der Waals surface area contributed by atoms with E-state index in [0.29, 0.717) is 32.7 Å². The Morgan fingerprint density at radius 1 is 1.06 bits per heavy atom. The number of ether oxygens (including phenoxy) is 4. The van der Waals surface area contributed by atoms with E-state index in [9.17, 15) is 9.90 Å². The van der Waals surface area contributed by atoms with E-state index in [1.807, 2.05) is 13.0 Å². The molecule has 2 aromatic rings. The van der Waals surface area contributed by atoms with E-state index >= 15 is 0 Å². The van der Waals surface area contributed by atoms with Crippen molar-refractivity contribution in [1.82, 2.24) is 0 Å². The van der Waals surface area contributed by atoms with Gasteiger partial charge in [0.05, 0.1) is 26.9 Å². The van der Waals surface area contributed by atoms with Gasteiger partial charge in [-0.3, -0.25) is 0 Å². The molecular formula is C29H39NO6. The Bertz CT molecular complexity index is 1100. The number of rotatable bonds is 9. The second-order valence-electron chi connectivity index (χ2n) is 10.1. The molecule has 0 aromatic heterocycles. The Morgan fingerprint density at radius 2 is 1.75 bits per heavy atom. The predicted octanol–water partition coefficient (Wildman–Crippen LogP) is 5.80. The topological polar surface area (TPSA) is 86.3 Å². The van der Waals surface area contributed by atoms with E-state index in [-0.39, 0.29) is 6.10 Å². The highest BCUT2D eigenvalue weighted by Gasteiger charge is 2.40. The molecule has 0 spiro atoms. The number of hydrogen-bond donors (Lipinski definition) is 2. The molecule has 7 nitrogen and oxygen atoms in total. The largest absolute Gasteiger partial charge is 0.496 e. The summed E-state index contributed by atoms with van der Waals surface area (Å²) in [6, 6.07) is 6.15. The van der Waals surface area contributed by atoms with Gasteiger partial charge in [0.1, 0.15) is 17.0 Å². The molecule has 0 bridgehead atoms. The summed E-state index contributed by atoms with van der Waals surface area (Å²) in [6.45, 7) is 7.44. The van der Waals surface area contributed by atoms with E-state index in [2.05, 4.69) is 31.3 Å². The second kappa shape index (κ2) is 11.1. The lowest BCUT2D eigenvalue weighted by molar-refractivity contribution is -0.145. The zero-order chi connectivity index (χ0) is 25.9. The number of nitrogens with one attached hydrogen (secondary N) is 1. The van der Waals surface area contributed by atoms with Gasteiger partial charge in [0.2, 0.25) is 0 Å². The Morgan fingerprint density at radius 3 is 2.36 bits per heavy atom. The fraction of sp³-hybridized carbons (Fsp3) is 0.552. The molecular weight excluding hydrogens is 458 g/mol. The maximum atomic E-state index is 12.3. The molecule has 1 saturated heterocycles. The molecule has 36 heavy (non-hydrogen) atoms. The first kappa shape index (κ1) is 26.3. The Balaban J connectivity index is 1.81. The Labute approximate surface area is 214 Å². The lowest BCUT2D eigenvalue weighted by atomic mass is 9.87. The van der Waals surface area contributed by atoms with Crippen LogP contribution in [0.4, 0.5) is 5.69 Å². The summed E-state index contributed by atoms with van der Waals surface area (Å²) in [5.74, 6) is 0.726. The first-order chi connectivity index (χ1) is 17.3. The number of carboxylic acid groups (broad SMARTS) is 1. The van der Waals surface area contributed by atoms with E-state index in [1.165, 1.54) is 12.8 Å². The van der Waals surface area contributed by atoms with E-state index < -0.39 is 11.5 Å². The monoisotopic (exact) mass is 497 g/mol. The first-order valence-electron chi connectivity index (χ1n) is 12.9. The van der Waals surface area contributed by atoms with Gasteiger partial charge < -0.3 is 29.4 Å². The molecule has 0 radical (unpaired) electrons. The van der Waals surface area contributed by atoms with Gasteiger partial charge in [0.25, 0.3) is 0 Å². The van der Waals surface area contributed by atoms with Crippen molar-refractivity contribution < 1.29 is 28.8 Å². The summed E-state index contributed by atoms with van der Waals surface area (Å²) in [6.07, 6.45) is 5.67. The van der Waals surface area contributed by atoms with Crippen molar-refractivity contribution >= 4 is 11.7 Å². The van der Waals surface area contributed by atoms with Crippen LogP contribution >= 0.6 is 0 Å². The number of benzene rings is 2. The summed E-state index contributed by atoms with van der Waals surface area (Å²) >= 11 is 0. The maximum Gasteiger partial charge on any atom is 0.329 e. The van der Waals surface area contributed by atoms with Crippen molar-refractivity contribution in [3.05, 3.63) is 40.5 Å². The van der Waals surface area contributed by atoms with Gasteiger partial charge in [-0.1, -0.05) is 12.8 Å². The minimum absolute atomic E-state index is 0.263. The Hall–Kier alpha value is -2.77. The van der Waals surface area contributed by atoms with Gasteiger partial charge in [0, 0.05) is 37.3 Å². The Kier molecular flexibility index (Phi) is 8.10. The van der Waals surface area contributed by atoms with Crippen LogP contribution in [0.15, 0.2) is 18.2 Å². The summed E-state index contributed by atoms with van der Waals surface area (Å²) in [5.41, 5.74) is 5.90. The minimum atomic E-state index is -1.04. The third kappa shape index (κ3) is 5.18. The third-order valence-electron chi connectivity index (χ3n) is 7.76. The summed E-state index contributed by atoms with van der Waals surface area (Å²) in [7, 11) is 3.35. The lowest BCUT2D eigenvalue weighted by Crippen LogP contribution is -2.50. The maximum absolute atomic E-state index is 12.3. The summed E-state index contributed by atoms with van der Waals surface area (Å²) < 4.78 is 23.3. The highest BCUT2D eigenvalue weighted by molar-refractivity contribution is 5.85. The van der Waals surface area contributed by atoms with Crippen molar-refractivity contribution in [1.29, 1.82) is 0 Å². The lowest BCUT2D eigenvalue weighted by Gasteiger charge is -2.35. The number of methoxy groups -OCH3 is 2. The molecule has 1 aliphatic heterocycles. The van der Waals surface area contributed by atoms with Gasteiger partial charge in [-0.05, 0) is 79.6 Å². The molecule has 2 aliphatic rings. The second-order valence-corrected chi connectivity index (χ2v) is 10.1. The van der Waals surface area contributed by atoms with Crippen LogP contribution in [-0.2, 0) is 20.9 Å². The minimum Gasteiger partial charge on any atom is -0.496 e. The predicted molar refractivity (Wildman–Crippen MR) is 140 cm³/mol. The van der Waals surface area contributed by atoms with Crippen molar-refractivity contribution in [3.8, 4) is 22.6 Å². The van der Waals surface area contributed by atoms with Gasteiger partial charge in [0.15, 0.2) is 0 Å². The normalized spacial score (nSPS) is 17.7. The molecule has 4 rings (SSSR count). The standard InChI is InChI=1S/C29H39NO6/c1-18-14-22(30-29(28(31)32)10-12-35-13-11-29)15-21(17-36-23-8-6-7-9-23)26(18)24-16-25(33-4)20(3)27(34-5)19(24)2/h14-16,23,30H,6-13,17H2,1-5H3,(H,31,32). The molecule has 0 unspecified atom stereocenters. The van der Waals surface area contributed by atoms with E-state index in [4.69, 9.17) is 18.9 Å². The van der Waals surface area contributed by atoms with Crippen LogP contribution in [0.1, 0.15) is 60.8 Å². The van der Waals surface area contributed by atoms with Gasteiger partial charge in [-0.25, -0.2) is 4.79 Å². The first-order valence-corrected chi connectivity index (χ1v) is 12.9. The van der Waals surface area contributed by atoms with Crippen molar-refractivity contribution in [2.24, 2.45) is 0 Å². The molecule has 7 heteroatoms. The molecule has 2 fully saturated rings. The van der Waals surface area contributed by atoms with Crippen LogP contribution in [0, 0.1) is 20.8 Å². The van der Waals surface area contributed by atoms with Crippen LogP contribution in [0.2, 0.25) is 0 Å². The quantitative estimate of drug-likeness (QED) is 0.453. The average molecular weight is 498 g/mol. The zero-order valence-corrected chi connectivity index (χ0v) is 22.2. The fourth-order valence-electron chi connectivity index (χ4n) is 5.72. The number of aliphatic carboxylic acids is 1. The van der Waals surface area contributed by atoms with E-state index in [0.717, 1.165) is 63.4 Å². The van der Waals surface area contributed by atoms with Crippen LogP contribution < -0.4 is 14.8 Å². The zero-order valence-electron chi connectivity index (χ0n) is 22.2. The number of carboxylic acids is 1. The number of carbonyl (C=O) groups is 1. The molecule has 0 atom stereocenters.